The van der Waals surface area contributed by atoms with Gasteiger partial charge in [0.25, 0.3) is 0 Å². The summed E-state index contributed by atoms with van der Waals surface area (Å²) in [5, 5.41) is 22.9. The zero-order valence-electron chi connectivity index (χ0n) is 20.3. The van der Waals surface area contributed by atoms with Gasteiger partial charge in [-0.15, -0.1) is 0 Å². The van der Waals surface area contributed by atoms with Gasteiger partial charge < -0.3 is 10.2 Å². The summed E-state index contributed by atoms with van der Waals surface area (Å²) in [5.41, 5.74) is 0.556. The van der Waals surface area contributed by atoms with Gasteiger partial charge in [-0.05, 0) is 104 Å². The number of rotatable bonds is 5. The highest BCUT2D eigenvalue weighted by molar-refractivity contribution is 5.74. The van der Waals surface area contributed by atoms with Crippen LogP contribution in [-0.4, -0.2) is 47.5 Å². The summed E-state index contributed by atoms with van der Waals surface area (Å²) in [6.45, 7) is 7.31. The number of hydrogen-bond acceptors (Lipinski definition) is 4. The average molecular weight is 436 g/mol. The molecule has 0 aromatic carbocycles. The largest absolute Gasteiger partial charge is 0.393 e. The number of hydrogen-bond donors (Lipinski definition) is 2. The third-order valence-electron chi connectivity index (χ3n) is 10.9. The quantitative estimate of drug-likeness (QED) is 0.628. The van der Waals surface area contributed by atoms with E-state index in [0.717, 1.165) is 32.1 Å². The summed E-state index contributed by atoms with van der Waals surface area (Å²) in [6.07, 6.45) is 9.77. The molecule has 4 rings (SSSR count). The van der Waals surface area contributed by atoms with Gasteiger partial charge in [0, 0.05) is 13.5 Å². The third kappa shape index (κ3) is 3.87. The van der Waals surface area contributed by atoms with E-state index >= 15 is 0 Å². The second kappa shape index (κ2) is 8.61. The molecule has 10 atom stereocenters. The Kier molecular flexibility index (Phi) is 6.53. The van der Waals surface area contributed by atoms with E-state index < -0.39 is 0 Å². The number of fused-ring (bicyclic) bond motifs is 5. The molecule has 0 spiro atoms. The van der Waals surface area contributed by atoms with Crippen molar-refractivity contribution in [1.29, 1.82) is 0 Å². The van der Waals surface area contributed by atoms with Crippen LogP contribution in [0.4, 0.5) is 0 Å². The van der Waals surface area contributed by atoms with E-state index in [2.05, 4.69) is 20.8 Å². The first-order valence-electron chi connectivity index (χ1n) is 12.8. The lowest BCUT2D eigenvalue weighted by Gasteiger charge is -2.62. The van der Waals surface area contributed by atoms with Gasteiger partial charge in [0.2, 0.25) is 5.91 Å². The Balaban J connectivity index is 1.48. The summed E-state index contributed by atoms with van der Waals surface area (Å²) in [5.74, 6) is 3.26. The van der Waals surface area contributed by atoms with E-state index in [1.165, 1.54) is 37.9 Å². The summed E-state index contributed by atoms with van der Waals surface area (Å²) in [6, 6.07) is 0. The Morgan fingerprint density at radius 3 is 2.45 bits per heavy atom. The number of aliphatic hydroxyl groups excluding tert-OH is 2. The molecule has 178 valence electrons. The van der Waals surface area contributed by atoms with E-state index in [4.69, 9.17) is 4.84 Å². The summed E-state index contributed by atoms with van der Waals surface area (Å²) in [7, 11) is 3.22. The summed E-state index contributed by atoms with van der Waals surface area (Å²) < 4.78 is 0. The number of amides is 1. The SMILES string of the molecule is CON(C)C(=O)CC[C@@H](C)[C@H]1CCC2[C@H]3C(CCC21C)C1(C)CC[C@@H](O)C[C@H]1C[C@H]3O. The first-order valence-corrected chi connectivity index (χ1v) is 12.8. The molecule has 4 saturated carbocycles. The van der Waals surface area contributed by atoms with Crippen molar-refractivity contribution in [3.63, 3.8) is 0 Å². The van der Waals surface area contributed by atoms with Crippen LogP contribution in [0.3, 0.4) is 0 Å². The Hall–Kier alpha value is -0.650. The smallest absolute Gasteiger partial charge is 0.245 e. The Morgan fingerprint density at radius 1 is 1.06 bits per heavy atom. The van der Waals surface area contributed by atoms with E-state index in [1.54, 1.807) is 7.05 Å². The fraction of sp³-hybridized carbons (Fsp3) is 0.962. The van der Waals surface area contributed by atoms with Crippen molar-refractivity contribution < 1.29 is 19.8 Å². The van der Waals surface area contributed by atoms with E-state index in [9.17, 15) is 15.0 Å². The van der Waals surface area contributed by atoms with Crippen LogP contribution in [-0.2, 0) is 9.63 Å². The minimum Gasteiger partial charge on any atom is -0.393 e. The number of hydroxylamine groups is 2. The summed E-state index contributed by atoms with van der Waals surface area (Å²) in [4.78, 5) is 17.3. The molecular weight excluding hydrogens is 390 g/mol. The lowest BCUT2D eigenvalue weighted by molar-refractivity contribution is -0.175. The normalized spacial score (nSPS) is 47.8. The lowest BCUT2D eigenvalue weighted by Crippen LogP contribution is -2.58. The zero-order valence-corrected chi connectivity index (χ0v) is 20.3. The van der Waals surface area contributed by atoms with Gasteiger partial charge in [0.1, 0.15) is 0 Å². The van der Waals surface area contributed by atoms with Crippen LogP contribution < -0.4 is 0 Å². The molecule has 4 aliphatic carbocycles. The maximum atomic E-state index is 12.2. The van der Waals surface area contributed by atoms with E-state index in [0.29, 0.717) is 41.9 Å². The molecule has 5 nitrogen and oxygen atoms in total. The number of carbonyl (C=O) groups excluding carboxylic acids is 1. The van der Waals surface area contributed by atoms with Crippen LogP contribution in [0.25, 0.3) is 0 Å². The second-order valence-electron chi connectivity index (χ2n) is 12.0. The second-order valence-corrected chi connectivity index (χ2v) is 12.0. The van der Waals surface area contributed by atoms with Crippen LogP contribution in [0.15, 0.2) is 0 Å². The van der Waals surface area contributed by atoms with Crippen LogP contribution in [0, 0.1) is 46.3 Å². The molecule has 4 fully saturated rings. The van der Waals surface area contributed by atoms with Crippen molar-refractivity contribution >= 4 is 5.91 Å². The van der Waals surface area contributed by atoms with Gasteiger partial charge in [-0.25, -0.2) is 5.06 Å². The molecule has 4 aliphatic rings. The molecule has 31 heavy (non-hydrogen) atoms. The molecule has 0 saturated heterocycles. The molecule has 2 N–H and O–H groups in total. The highest BCUT2D eigenvalue weighted by atomic mass is 16.7. The van der Waals surface area contributed by atoms with Crippen LogP contribution in [0.1, 0.15) is 85.0 Å². The molecule has 0 heterocycles. The van der Waals surface area contributed by atoms with Gasteiger partial charge in [0.05, 0.1) is 19.3 Å². The standard InChI is InChI=1S/C26H45NO4/c1-16(6-9-23(30)27(4)31-5)19-7-8-20-24-21(11-13-26(19,20)3)25(2)12-10-18(28)14-17(25)15-22(24)29/h16-22,24,28-29H,6-15H2,1-5H3/t16-,17+,18-,19-,20?,21?,22-,24+,25?,26?/m1/s1. The van der Waals surface area contributed by atoms with Gasteiger partial charge >= 0.3 is 0 Å². The minimum atomic E-state index is -0.219. The highest BCUT2D eigenvalue weighted by Gasteiger charge is 2.62. The lowest BCUT2D eigenvalue weighted by atomic mass is 9.43. The predicted octanol–water partition coefficient (Wildman–Crippen LogP) is 4.41. The molecule has 1 amide bonds. The van der Waals surface area contributed by atoms with E-state index in [-0.39, 0.29) is 28.9 Å². The van der Waals surface area contributed by atoms with Crippen LogP contribution in [0.2, 0.25) is 0 Å². The van der Waals surface area contributed by atoms with Gasteiger partial charge in [-0.1, -0.05) is 20.8 Å². The first-order chi connectivity index (χ1) is 14.6. The summed E-state index contributed by atoms with van der Waals surface area (Å²) >= 11 is 0. The maximum absolute atomic E-state index is 12.2. The van der Waals surface area contributed by atoms with Crippen molar-refractivity contribution in [2.75, 3.05) is 14.2 Å². The van der Waals surface area contributed by atoms with Gasteiger partial charge in [-0.2, -0.15) is 0 Å². The third-order valence-corrected chi connectivity index (χ3v) is 10.9. The zero-order chi connectivity index (χ0) is 22.6. The topological polar surface area (TPSA) is 70.0 Å². The molecule has 5 heteroatoms. The van der Waals surface area contributed by atoms with Crippen molar-refractivity contribution in [1.82, 2.24) is 5.06 Å². The molecule has 0 aliphatic heterocycles. The fourth-order valence-electron chi connectivity index (χ4n) is 8.99. The predicted molar refractivity (Wildman–Crippen MR) is 121 cm³/mol. The first kappa shape index (κ1) is 23.5. The average Bonchev–Trinajstić information content (AvgIpc) is 3.09. The van der Waals surface area contributed by atoms with Gasteiger partial charge in [0.15, 0.2) is 0 Å². The van der Waals surface area contributed by atoms with Crippen LogP contribution in [0.5, 0.6) is 0 Å². The van der Waals surface area contributed by atoms with Crippen molar-refractivity contribution in [2.45, 2.75) is 97.2 Å². The van der Waals surface area contributed by atoms with Crippen molar-refractivity contribution in [2.24, 2.45) is 46.3 Å². The number of nitrogens with zero attached hydrogens (tertiary/aromatic N) is 1. The Morgan fingerprint density at radius 2 is 1.74 bits per heavy atom. The van der Waals surface area contributed by atoms with Crippen molar-refractivity contribution in [3.8, 4) is 0 Å². The molecule has 4 unspecified atom stereocenters. The molecule has 0 aromatic rings. The van der Waals surface area contributed by atoms with Crippen LogP contribution >= 0.6 is 0 Å². The Bertz CT molecular complexity index is 670. The fourth-order valence-corrected chi connectivity index (χ4v) is 8.99. The molecule has 0 bridgehead atoms. The number of carbonyl (C=O) groups is 1. The van der Waals surface area contributed by atoms with Crippen molar-refractivity contribution in [3.05, 3.63) is 0 Å². The highest BCUT2D eigenvalue weighted by Crippen LogP contribution is 2.68. The monoisotopic (exact) mass is 435 g/mol. The Labute approximate surface area is 188 Å². The molecular formula is C26H45NO4. The molecule has 0 radical (unpaired) electrons. The number of aliphatic hydroxyl groups is 2. The minimum absolute atomic E-state index is 0.0545. The maximum Gasteiger partial charge on any atom is 0.245 e. The van der Waals surface area contributed by atoms with Gasteiger partial charge in [-0.3, -0.25) is 9.63 Å². The van der Waals surface area contributed by atoms with E-state index in [1.807, 2.05) is 0 Å². The molecule has 0 aromatic heterocycles.